The van der Waals surface area contributed by atoms with Crippen molar-refractivity contribution in [3.8, 4) is 0 Å². The predicted molar refractivity (Wildman–Crippen MR) is 145 cm³/mol. The molecule has 0 saturated carbocycles. The fourth-order valence-electron chi connectivity index (χ4n) is 4.10. The lowest BCUT2D eigenvalue weighted by Gasteiger charge is -2.31. The average Bonchev–Trinajstić information content (AvgIpc) is 2.90. The first-order valence-corrected chi connectivity index (χ1v) is 13.0. The van der Waals surface area contributed by atoms with Crippen LogP contribution in [0.2, 0.25) is 0 Å². The highest BCUT2D eigenvalue weighted by molar-refractivity contribution is 5.81. The molecule has 0 aliphatic carbocycles. The number of hydrogen-bond donors (Lipinski definition) is 2. The molecule has 0 aromatic carbocycles. The molecule has 1 atom stereocenters. The monoisotopic (exact) mass is 509 g/mol. The van der Waals surface area contributed by atoms with Crippen molar-refractivity contribution >= 4 is 17.7 Å². The first-order valence-electron chi connectivity index (χ1n) is 13.0. The smallest absolute Gasteiger partial charge is 0.237 e. The molecule has 3 rings (SSSR count). The number of nitrogens with one attached hydrogen (secondary N) is 1. The van der Waals surface area contributed by atoms with Gasteiger partial charge in [-0.1, -0.05) is 19.9 Å². The van der Waals surface area contributed by atoms with E-state index in [0.29, 0.717) is 56.5 Å². The zero-order valence-electron chi connectivity index (χ0n) is 22.0. The van der Waals surface area contributed by atoms with E-state index in [1.165, 1.54) is 6.21 Å². The highest BCUT2D eigenvalue weighted by atomic mass is 16.5. The molecule has 1 aromatic rings. The zero-order valence-corrected chi connectivity index (χ0v) is 22.0. The maximum absolute atomic E-state index is 12.6. The van der Waals surface area contributed by atoms with Gasteiger partial charge < -0.3 is 19.9 Å². The van der Waals surface area contributed by atoms with Crippen LogP contribution in [0.15, 0.2) is 59.4 Å². The van der Waals surface area contributed by atoms with Crippen LogP contribution in [0.3, 0.4) is 0 Å². The molecule has 1 fully saturated rings. The predicted octanol–water partition coefficient (Wildman–Crippen LogP) is 4.11. The number of ether oxygens (including phenoxy) is 2. The lowest BCUT2D eigenvalue weighted by molar-refractivity contribution is -0.127. The van der Waals surface area contributed by atoms with E-state index >= 15 is 0 Å². The summed E-state index contributed by atoms with van der Waals surface area (Å²) < 4.78 is 11.7. The molecule has 0 bridgehead atoms. The highest BCUT2D eigenvalue weighted by Gasteiger charge is 2.25. The maximum Gasteiger partial charge on any atom is 0.237 e. The van der Waals surface area contributed by atoms with Crippen molar-refractivity contribution in [3.63, 3.8) is 0 Å². The third-order valence-corrected chi connectivity index (χ3v) is 6.17. The minimum atomic E-state index is -0.0503. The van der Waals surface area contributed by atoms with E-state index in [4.69, 9.17) is 9.47 Å². The molecule has 37 heavy (non-hydrogen) atoms. The summed E-state index contributed by atoms with van der Waals surface area (Å²) in [5.41, 5.74) is 2.03. The van der Waals surface area contributed by atoms with Gasteiger partial charge in [-0.25, -0.2) is 9.97 Å². The maximum atomic E-state index is 12.6. The van der Waals surface area contributed by atoms with Crippen molar-refractivity contribution in [1.82, 2.24) is 20.2 Å². The molecule has 9 heteroatoms. The molecule has 1 unspecified atom stereocenters. The summed E-state index contributed by atoms with van der Waals surface area (Å²) in [5.74, 6) is 1.37. The second-order valence-corrected chi connectivity index (χ2v) is 9.18. The number of allylic oxidation sites excluding steroid dienone is 5. The molecule has 3 heterocycles. The second-order valence-electron chi connectivity index (χ2n) is 9.18. The molecule has 2 N–H and O–H groups in total. The van der Waals surface area contributed by atoms with Crippen molar-refractivity contribution in [3.05, 3.63) is 65.8 Å². The number of amides is 1. The van der Waals surface area contributed by atoms with Crippen molar-refractivity contribution in [2.24, 2.45) is 4.99 Å². The Labute approximate surface area is 219 Å². The number of aliphatic hydroxyl groups is 1. The number of hydrogen-bond acceptors (Lipinski definition) is 8. The Morgan fingerprint density at radius 3 is 2.81 bits per heavy atom. The number of aliphatic hydroxyl groups excluding tert-OH is 1. The first-order chi connectivity index (χ1) is 18.0. The molecule has 0 spiro atoms. The number of aliphatic imine (C=N–C) groups is 1. The van der Waals surface area contributed by atoms with Crippen LogP contribution in [0.5, 0.6) is 0 Å². The minimum Gasteiger partial charge on any atom is -0.507 e. The van der Waals surface area contributed by atoms with E-state index in [0.717, 1.165) is 43.4 Å². The van der Waals surface area contributed by atoms with E-state index in [1.807, 2.05) is 13.1 Å². The van der Waals surface area contributed by atoms with Crippen molar-refractivity contribution in [2.75, 3.05) is 33.4 Å². The standard InChI is InChI=1S/C28H39N5O4/c1-4-15-36-20-27-31-17-22(18-32-27)24-11-9-21(2)30-19-23(34)10-12-26(24)37-16-7-13-29-28(35)25-8-5-6-14-33(25)3/h9-11,17-19,25,34H,2,4-8,12-16,20H2,1,3H3,(H,29,35)/b11-9-,23-10+,26-24-,30-19-. The van der Waals surface area contributed by atoms with Gasteiger partial charge in [0.15, 0.2) is 5.82 Å². The van der Waals surface area contributed by atoms with Crippen LogP contribution >= 0.6 is 0 Å². The third-order valence-electron chi connectivity index (χ3n) is 6.17. The van der Waals surface area contributed by atoms with E-state index in [-0.39, 0.29) is 17.7 Å². The Morgan fingerprint density at radius 1 is 1.24 bits per heavy atom. The van der Waals surface area contributed by atoms with E-state index < -0.39 is 0 Å². The van der Waals surface area contributed by atoms with Gasteiger partial charge in [-0.05, 0) is 57.5 Å². The van der Waals surface area contributed by atoms with Crippen LogP contribution in [0.4, 0.5) is 0 Å². The fraction of sp³-hybridized carbons (Fsp3) is 0.500. The lowest BCUT2D eigenvalue weighted by Crippen LogP contribution is -2.47. The molecule has 1 aromatic heterocycles. The molecule has 9 nitrogen and oxygen atoms in total. The normalized spacial score (nSPS) is 24.1. The minimum absolute atomic E-state index is 0.0282. The van der Waals surface area contributed by atoms with Crippen LogP contribution in [0.1, 0.15) is 56.8 Å². The van der Waals surface area contributed by atoms with Crippen molar-refractivity contribution < 1.29 is 19.4 Å². The Balaban J connectivity index is 1.68. The summed E-state index contributed by atoms with van der Waals surface area (Å²) in [6, 6.07) is -0.0503. The molecule has 1 saturated heterocycles. The number of likely N-dealkylation sites (tertiary alicyclic amines) is 1. The number of aromatic nitrogens is 2. The molecule has 1 amide bonds. The second kappa shape index (κ2) is 15.1. The number of nitrogens with zero attached hydrogens (tertiary/aromatic N) is 4. The van der Waals surface area contributed by atoms with Gasteiger partial charge in [0.1, 0.15) is 18.1 Å². The fourth-order valence-corrected chi connectivity index (χ4v) is 4.10. The quantitative estimate of drug-likeness (QED) is 0.432. The van der Waals surface area contributed by atoms with Crippen LogP contribution in [0, 0.1) is 0 Å². The SMILES string of the molecule is C=C1/C=C\C(c2cnc(COCCC)nc2)=C(\OCCCNC(=O)C2CCCCN2C)C/C=C(O)\C=N/1. The van der Waals surface area contributed by atoms with Crippen LogP contribution in [-0.4, -0.2) is 71.5 Å². The number of likely N-dealkylation sites (N-methyl/N-ethyl adjacent to an activating group) is 1. The molecule has 0 radical (unpaired) electrons. The molecule has 2 aliphatic rings. The summed E-state index contributed by atoms with van der Waals surface area (Å²) >= 11 is 0. The third kappa shape index (κ3) is 9.26. The molecular formula is C28H39N5O4. The highest BCUT2D eigenvalue weighted by Crippen LogP contribution is 2.25. The van der Waals surface area contributed by atoms with Crippen LogP contribution < -0.4 is 5.32 Å². The lowest BCUT2D eigenvalue weighted by atomic mass is 10.0. The Hall–Kier alpha value is -3.30. The van der Waals surface area contributed by atoms with Crippen LogP contribution in [-0.2, 0) is 20.9 Å². The van der Waals surface area contributed by atoms with Gasteiger partial charge in [-0.2, -0.15) is 0 Å². The summed E-state index contributed by atoms with van der Waals surface area (Å²) in [4.78, 5) is 27.7. The summed E-state index contributed by atoms with van der Waals surface area (Å²) in [6.07, 6.45) is 15.2. The first kappa shape index (κ1) is 28.3. The van der Waals surface area contributed by atoms with E-state index in [1.54, 1.807) is 24.5 Å². The van der Waals surface area contributed by atoms with Gasteiger partial charge in [-0.15, -0.1) is 0 Å². The van der Waals surface area contributed by atoms with Gasteiger partial charge in [0.2, 0.25) is 5.91 Å². The molecule has 200 valence electrons. The van der Waals surface area contributed by atoms with E-state index in [2.05, 4.69) is 38.7 Å². The number of carbonyl (C=O) groups is 1. The Bertz CT molecular complexity index is 1030. The number of carbonyl (C=O) groups excluding carboxylic acids is 1. The Kier molecular flexibility index (Phi) is 11.5. The summed E-state index contributed by atoms with van der Waals surface area (Å²) in [6.45, 7) is 8.86. The van der Waals surface area contributed by atoms with Gasteiger partial charge in [-0.3, -0.25) is 14.7 Å². The molecule has 2 aliphatic heterocycles. The topological polar surface area (TPSA) is 109 Å². The Morgan fingerprint density at radius 2 is 2.05 bits per heavy atom. The largest absolute Gasteiger partial charge is 0.507 e. The van der Waals surface area contributed by atoms with Crippen molar-refractivity contribution in [1.29, 1.82) is 0 Å². The van der Waals surface area contributed by atoms with Gasteiger partial charge >= 0.3 is 0 Å². The number of piperidine rings is 1. The van der Waals surface area contributed by atoms with Crippen LogP contribution in [0.25, 0.3) is 5.57 Å². The number of rotatable bonds is 11. The van der Waals surface area contributed by atoms with Gasteiger partial charge in [0, 0.05) is 43.1 Å². The zero-order chi connectivity index (χ0) is 26.5. The molecular weight excluding hydrogens is 470 g/mol. The summed E-state index contributed by atoms with van der Waals surface area (Å²) in [7, 11) is 2.00. The van der Waals surface area contributed by atoms with Gasteiger partial charge in [0.05, 0.1) is 24.6 Å². The van der Waals surface area contributed by atoms with Crippen molar-refractivity contribution in [2.45, 2.75) is 58.1 Å². The summed E-state index contributed by atoms with van der Waals surface area (Å²) in [5, 5.41) is 13.2. The van der Waals surface area contributed by atoms with E-state index in [9.17, 15) is 9.90 Å². The van der Waals surface area contributed by atoms with Gasteiger partial charge in [0.25, 0.3) is 0 Å². The average molecular weight is 510 g/mol.